The predicted octanol–water partition coefficient (Wildman–Crippen LogP) is 4.35. The van der Waals surface area contributed by atoms with Crippen molar-refractivity contribution < 1.29 is 9.50 Å². The van der Waals surface area contributed by atoms with Crippen molar-refractivity contribution in [2.45, 2.75) is 51.6 Å². The second-order valence-electron chi connectivity index (χ2n) is 6.04. The van der Waals surface area contributed by atoms with E-state index in [4.69, 9.17) is 11.6 Å². The number of aliphatic hydroxyl groups is 1. The lowest BCUT2D eigenvalue weighted by atomic mass is 9.63. The molecule has 1 saturated carbocycles. The van der Waals surface area contributed by atoms with E-state index >= 15 is 0 Å². The molecule has 3 heteroatoms. The molecule has 18 heavy (non-hydrogen) atoms. The summed E-state index contributed by atoms with van der Waals surface area (Å²) in [5.74, 6) is -0.283. The quantitative estimate of drug-likeness (QED) is 0.847. The third-order valence-electron chi connectivity index (χ3n) is 4.39. The molecular formula is C15H20ClFO. The zero-order valence-corrected chi connectivity index (χ0v) is 11.7. The van der Waals surface area contributed by atoms with Gasteiger partial charge in [-0.2, -0.15) is 0 Å². The molecule has 0 amide bonds. The lowest BCUT2D eigenvalue weighted by molar-refractivity contribution is -0.0962. The average Bonchev–Trinajstić information content (AvgIpc) is 2.28. The van der Waals surface area contributed by atoms with Crippen molar-refractivity contribution >= 4 is 11.6 Å². The van der Waals surface area contributed by atoms with Gasteiger partial charge in [-0.1, -0.05) is 38.3 Å². The summed E-state index contributed by atoms with van der Waals surface area (Å²) in [5.41, 5.74) is -0.503. The highest BCUT2D eigenvalue weighted by Crippen LogP contribution is 2.45. The molecule has 1 aromatic rings. The Morgan fingerprint density at radius 1 is 1.28 bits per heavy atom. The molecule has 1 aromatic carbocycles. The average molecular weight is 271 g/mol. The summed E-state index contributed by atoms with van der Waals surface area (Å²) >= 11 is 5.90. The summed E-state index contributed by atoms with van der Waals surface area (Å²) in [6.07, 6.45) is 4.18. The number of hydrogen-bond acceptors (Lipinski definition) is 1. The number of hydrogen-bond donors (Lipinski definition) is 1. The van der Waals surface area contributed by atoms with Crippen molar-refractivity contribution in [3.8, 4) is 0 Å². The van der Waals surface area contributed by atoms with Crippen LogP contribution in [0.4, 0.5) is 4.39 Å². The molecule has 0 bridgehead atoms. The third-order valence-corrected chi connectivity index (χ3v) is 4.63. The first-order valence-electron chi connectivity index (χ1n) is 6.50. The lowest BCUT2D eigenvalue weighted by Crippen LogP contribution is -2.49. The molecule has 1 unspecified atom stereocenters. The van der Waals surface area contributed by atoms with Crippen LogP contribution in [-0.2, 0) is 6.42 Å². The molecule has 0 aliphatic heterocycles. The molecule has 1 fully saturated rings. The summed E-state index contributed by atoms with van der Waals surface area (Å²) in [4.78, 5) is 0. The topological polar surface area (TPSA) is 20.2 Å². The SMILES string of the molecule is CC1(C)CCCCC1(O)Cc1cc(Cl)ccc1F. The standard InChI is InChI=1S/C15H20ClFO/c1-14(2)7-3-4-8-15(14,18)10-11-9-12(16)5-6-13(11)17/h5-6,9,18H,3-4,7-8,10H2,1-2H3. The molecule has 1 aliphatic carbocycles. The minimum absolute atomic E-state index is 0.181. The molecule has 0 heterocycles. The van der Waals surface area contributed by atoms with Crippen LogP contribution in [0.25, 0.3) is 0 Å². The Labute approximate surface area is 113 Å². The van der Waals surface area contributed by atoms with Crippen molar-refractivity contribution in [1.29, 1.82) is 0 Å². The van der Waals surface area contributed by atoms with Crippen molar-refractivity contribution in [3.63, 3.8) is 0 Å². The molecule has 1 atom stereocenters. The maximum atomic E-state index is 13.8. The summed E-state index contributed by atoms with van der Waals surface area (Å²) in [6.45, 7) is 4.13. The normalized spacial score (nSPS) is 27.2. The van der Waals surface area contributed by atoms with Crippen molar-refractivity contribution in [2.75, 3.05) is 0 Å². The van der Waals surface area contributed by atoms with Gasteiger partial charge in [0.25, 0.3) is 0 Å². The highest BCUT2D eigenvalue weighted by Gasteiger charge is 2.45. The monoisotopic (exact) mass is 270 g/mol. The van der Waals surface area contributed by atoms with Crippen LogP contribution in [0.1, 0.15) is 45.1 Å². The Bertz CT molecular complexity index is 444. The van der Waals surface area contributed by atoms with Crippen LogP contribution in [0.15, 0.2) is 18.2 Å². The number of halogens is 2. The highest BCUT2D eigenvalue weighted by molar-refractivity contribution is 6.30. The zero-order valence-electron chi connectivity index (χ0n) is 11.0. The van der Waals surface area contributed by atoms with Crippen LogP contribution in [0.3, 0.4) is 0 Å². The smallest absolute Gasteiger partial charge is 0.126 e. The summed E-state index contributed by atoms with van der Waals surface area (Å²) in [7, 11) is 0. The Morgan fingerprint density at radius 2 is 1.94 bits per heavy atom. The van der Waals surface area contributed by atoms with E-state index in [0.717, 1.165) is 25.7 Å². The van der Waals surface area contributed by atoms with Gasteiger partial charge in [-0.15, -0.1) is 0 Å². The van der Waals surface area contributed by atoms with Crippen LogP contribution in [0.2, 0.25) is 5.02 Å². The second kappa shape index (κ2) is 4.82. The first kappa shape index (κ1) is 13.8. The molecule has 1 nitrogen and oxygen atoms in total. The second-order valence-corrected chi connectivity index (χ2v) is 6.47. The third kappa shape index (κ3) is 2.55. The van der Waals surface area contributed by atoms with Gasteiger partial charge in [-0.3, -0.25) is 0 Å². The number of benzene rings is 1. The zero-order chi connectivity index (χ0) is 13.4. The minimum Gasteiger partial charge on any atom is -0.389 e. The van der Waals surface area contributed by atoms with Gasteiger partial charge in [0.2, 0.25) is 0 Å². The van der Waals surface area contributed by atoms with Crippen LogP contribution >= 0.6 is 11.6 Å². The van der Waals surface area contributed by atoms with Gasteiger partial charge < -0.3 is 5.11 Å². The molecular weight excluding hydrogens is 251 g/mol. The lowest BCUT2D eigenvalue weighted by Gasteiger charge is -2.46. The molecule has 0 aromatic heterocycles. The van der Waals surface area contributed by atoms with E-state index in [1.165, 1.54) is 12.1 Å². The Morgan fingerprint density at radius 3 is 2.61 bits per heavy atom. The highest BCUT2D eigenvalue weighted by atomic mass is 35.5. The van der Waals surface area contributed by atoms with E-state index < -0.39 is 5.60 Å². The van der Waals surface area contributed by atoms with Crippen LogP contribution in [0, 0.1) is 11.2 Å². The van der Waals surface area contributed by atoms with Gasteiger partial charge >= 0.3 is 0 Å². The Balaban J connectivity index is 2.28. The van der Waals surface area contributed by atoms with E-state index in [1.54, 1.807) is 6.07 Å². The van der Waals surface area contributed by atoms with E-state index in [9.17, 15) is 9.50 Å². The first-order valence-corrected chi connectivity index (χ1v) is 6.88. The van der Waals surface area contributed by atoms with E-state index in [2.05, 4.69) is 13.8 Å². The maximum absolute atomic E-state index is 13.8. The van der Waals surface area contributed by atoms with Crippen molar-refractivity contribution in [3.05, 3.63) is 34.6 Å². The predicted molar refractivity (Wildman–Crippen MR) is 72.3 cm³/mol. The molecule has 0 radical (unpaired) electrons. The summed E-state index contributed by atoms with van der Waals surface area (Å²) in [5, 5.41) is 11.4. The Kier molecular flexibility index (Phi) is 3.70. The van der Waals surface area contributed by atoms with Gasteiger partial charge in [0, 0.05) is 11.4 Å². The molecule has 2 rings (SSSR count). The maximum Gasteiger partial charge on any atom is 0.126 e. The van der Waals surface area contributed by atoms with E-state index in [0.29, 0.717) is 17.0 Å². The van der Waals surface area contributed by atoms with E-state index in [-0.39, 0.29) is 11.2 Å². The number of rotatable bonds is 2. The summed E-state index contributed by atoms with van der Waals surface area (Å²) in [6, 6.07) is 4.53. The van der Waals surface area contributed by atoms with Crippen LogP contribution < -0.4 is 0 Å². The largest absolute Gasteiger partial charge is 0.389 e. The molecule has 0 saturated heterocycles. The first-order chi connectivity index (χ1) is 8.34. The van der Waals surface area contributed by atoms with Gasteiger partial charge in [0.05, 0.1) is 5.60 Å². The summed E-state index contributed by atoms with van der Waals surface area (Å²) < 4.78 is 13.8. The molecule has 1 N–H and O–H groups in total. The Hall–Kier alpha value is -0.600. The minimum atomic E-state index is -0.837. The van der Waals surface area contributed by atoms with Crippen LogP contribution in [0.5, 0.6) is 0 Å². The van der Waals surface area contributed by atoms with Gasteiger partial charge in [0.1, 0.15) is 5.82 Å². The van der Waals surface area contributed by atoms with Gasteiger partial charge in [-0.05, 0) is 42.0 Å². The van der Waals surface area contributed by atoms with Crippen molar-refractivity contribution in [1.82, 2.24) is 0 Å². The fourth-order valence-corrected chi connectivity index (χ4v) is 3.07. The molecule has 100 valence electrons. The van der Waals surface area contributed by atoms with Gasteiger partial charge in [0.15, 0.2) is 0 Å². The van der Waals surface area contributed by atoms with Crippen LogP contribution in [-0.4, -0.2) is 10.7 Å². The van der Waals surface area contributed by atoms with Gasteiger partial charge in [-0.25, -0.2) is 4.39 Å². The molecule has 1 aliphatic rings. The fraction of sp³-hybridized carbons (Fsp3) is 0.600. The van der Waals surface area contributed by atoms with Crippen molar-refractivity contribution in [2.24, 2.45) is 5.41 Å². The van der Waals surface area contributed by atoms with E-state index in [1.807, 2.05) is 0 Å². The fourth-order valence-electron chi connectivity index (χ4n) is 2.88. The molecule has 0 spiro atoms.